The minimum absolute atomic E-state index is 0.236. The van der Waals surface area contributed by atoms with Crippen molar-refractivity contribution >= 4 is 11.6 Å². The molecule has 0 heterocycles. The molecule has 1 N–H and O–H groups in total. The minimum atomic E-state index is -0.666. The summed E-state index contributed by atoms with van der Waals surface area (Å²) in [6.07, 6.45) is 0.171. The van der Waals surface area contributed by atoms with E-state index >= 15 is 0 Å². The van der Waals surface area contributed by atoms with Gasteiger partial charge in [0.05, 0.1) is 0 Å². The lowest BCUT2D eigenvalue weighted by molar-refractivity contribution is -0.122. The van der Waals surface area contributed by atoms with E-state index in [4.69, 9.17) is 4.74 Å². The van der Waals surface area contributed by atoms with Crippen LogP contribution in [0.5, 0.6) is 5.75 Å². The molecule has 0 saturated heterocycles. The molecule has 0 fully saturated rings. The standard InChI is InChI=1S/C17H18FNO2/c1-3-13-6-4-5-7-16(13)19-17(20)12(2)21-15-10-8-14(18)9-11-15/h4-12H,3H2,1-2H3,(H,19,20)/t12-/m0/s1. The number of ether oxygens (including phenoxy) is 1. The Balaban J connectivity index is 2.01. The van der Waals surface area contributed by atoms with Gasteiger partial charge in [-0.3, -0.25) is 4.79 Å². The van der Waals surface area contributed by atoms with Gasteiger partial charge in [-0.2, -0.15) is 0 Å². The molecule has 4 heteroatoms. The van der Waals surface area contributed by atoms with Gasteiger partial charge in [0.2, 0.25) is 0 Å². The number of hydrogen-bond donors (Lipinski definition) is 1. The van der Waals surface area contributed by atoms with Gasteiger partial charge in [-0.05, 0) is 49.2 Å². The van der Waals surface area contributed by atoms with Crippen molar-refractivity contribution in [1.29, 1.82) is 0 Å². The average molecular weight is 287 g/mol. The quantitative estimate of drug-likeness (QED) is 0.908. The molecule has 3 nitrogen and oxygen atoms in total. The van der Waals surface area contributed by atoms with Gasteiger partial charge in [-0.25, -0.2) is 4.39 Å². The molecule has 0 unspecified atom stereocenters. The van der Waals surface area contributed by atoms with E-state index in [-0.39, 0.29) is 11.7 Å². The van der Waals surface area contributed by atoms with Gasteiger partial charge in [0.1, 0.15) is 11.6 Å². The van der Waals surface area contributed by atoms with Gasteiger partial charge in [0.15, 0.2) is 6.10 Å². The number of rotatable bonds is 5. The van der Waals surface area contributed by atoms with Gasteiger partial charge in [0, 0.05) is 5.69 Å². The Labute approximate surface area is 123 Å². The van der Waals surface area contributed by atoms with E-state index in [1.165, 1.54) is 24.3 Å². The van der Waals surface area contributed by atoms with Crippen molar-refractivity contribution in [1.82, 2.24) is 0 Å². The second-order valence-electron chi connectivity index (χ2n) is 4.71. The SMILES string of the molecule is CCc1ccccc1NC(=O)[C@H](C)Oc1ccc(F)cc1. The van der Waals surface area contributed by atoms with Crippen molar-refractivity contribution in [3.63, 3.8) is 0 Å². The van der Waals surface area contributed by atoms with Crippen LogP contribution in [-0.2, 0) is 11.2 Å². The van der Waals surface area contributed by atoms with Crippen molar-refractivity contribution in [2.45, 2.75) is 26.4 Å². The first-order valence-corrected chi connectivity index (χ1v) is 6.91. The Hall–Kier alpha value is -2.36. The summed E-state index contributed by atoms with van der Waals surface area (Å²) in [4.78, 5) is 12.1. The fourth-order valence-electron chi connectivity index (χ4n) is 1.96. The van der Waals surface area contributed by atoms with E-state index in [1.54, 1.807) is 6.92 Å². The van der Waals surface area contributed by atoms with Crippen molar-refractivity contribution in [2.24, 2.45) is 0 Å². The van der Waals surface area contributed by atoms with Crippen LogP contribution in [-0.4, -0.2) is 12.0 Å². The molecular formula is C17H18FNO2. The molecule has 2 aromatic rings. The summed E-state index contributed by atoms with van der Waals surface area (Å²) in [5.74, 6) is -0.112. The molecule has 0 aliphatic carbocycles. The highest BCUT2D eigenvalue weighted by Crippen LogP contribution is 2.17. The van der Waals surface area contributed by atoms with Crippen molar-refractivity contribution in [3.8, 4) is 5.75 Å². The number of anilines is 1. The van der Waals surface area contributed by atoms with Gasteiger partial charge >= 0.3 is 0 Å². The number of benzene rings is 2. The lowest BCUT2D eigenvalue weighted by Gasteiger charge is -2.16. The molecule has 0 aliphatic heterocycles. The molecule has 1 amide bonds. The highest BCUT2D eigenvalue weighted by molar-refractivity contribution is 5.94. The highest BCUT2D eigenvalue weighted by Gasteiger charge is 2.15. The zero-order valence-electron chi connectivity index (χ0n) is 12.1. The second kappa shape index (κ2) is 6.88. The number of aryl methyl sites for hydroxylation is 1. The third-order valence-electron chi connectivity index (χ3n) is 3.15. The van der Waals surface area contributed by atoms with E-state index in [0.717, 1.165) is 17.7 Å². The van der Waals surface area contributed by atoms with E-state index in [1.807, 2.05) is 31.2 Å². The third-order valence-corrected chi connectivity index (χ3v) is 3.15. The first-order valence-electron chi connectivity index (χ1n) is 6.91. The van der Waals surface area contributed by atoms with Crippen molar-refractivity contribution in [3.05, 3.63) is 59.9 Å². The third kappa shape index (κ3) is 4.05. The first-order chi connectivity index (χ1) is 10.1. The normalized spacial score (nSPS) is 11.8. The molecule has 2 rings (SSSR count). The van der Waals surface area contributed by atoms with Crippen LogP contribution in [0.4, 0.5) is 10.1 Å². The molecule has 0 saturated carbocycles. The molecule has 1 atom stereocenters. The van der Waals surface area contributed by atoms with Crippen LogP contribution >= 0.6 is 0 Å². The topological polar surface area (TPSA) is 38.3 Å². The highest BCUT2D eigenvalue weighted by atomic mass is 19.1. The fourth-order valence-corrected chi connectivity index (χ4v) is 1.96. The number of nitrogens with one attached hydrogen (secondary N) is 1. The van der Waals surface area contributed by atoms with E-state index in [2.05, 4.69) is 5.32 Å². The molecule has 0 bridgehead atoms. The maximum absolute atomic E-state index is 12.8. The Morgan fingerprint density at radius 3 is 2.52 bits per heavy atom. The molecule has 110 valence electrons. The summed E-state index contributed by atoms with van der Waals surface area (Å²) in [6.45, 7) is 3.69. The lowest BCUT2D eigenvalue weighted by atomic mass is 10.1. The van der Waals surface area contributed by atoms with Crippen molar-refractivity contribution < 1.29 is 13.9 Å². The Bertz CT molecular complexity index is 610. The number of halogens is 1. The number of hydrogen-bond acceptors (Lipinski definition) is 2. The maximum Gasteiger partial charge on any atom is 0.265 e. The largest absolute Gasteiger partial charge is 0.481 e. The molecule has 21 heavy (non-hydrogen) atoms. The summed E-state index contributed by atoms with van der Waals surface area (Å²) in [7, 11) is 0. The number of para-hydroxylation sites is 1. The molecule has 0 radical (unpaired) electrons. The minimum Gasteiger partial charge on any atom is -0.481 e. The summed E-state index contributed by atoms with van der Waals surface area (Å²) < 4.78 is 18.3. The first kappa shape index (κ1) is 15.0. The zero-order chi connectivity index (χ0) is 15.2. The molecule has 0 aromatic heterocycles. The van der Waals surface area contributed by atoms with Crippen LogP contribution in [0.25, 0.3) is 0 Å². The molecule has 2 aromatic carbocycles. The van der Waals surface area contributed by atoms with Crippen LogP contribution < -0.4 is 10.1 Å². The molecule has 0 spiro atoms. The van der Waals surface area contributed by atoms with Gasteiger partial charge in [-0.1, -0.05) is 25.1 Å². The Kier molecular flexibility index (Phi) is 4.93. The molecular weight excluding hydrogens is 269 g/mol. The average Bonchev–Trinajstić information content (AvgIpc) is 2.50. The van der Waals surface area contributed by atoms with Crippen LogP contribution in [0, 0.1) is 5.82 Å². The van der Waals surface area contributed by atoms with E-state index in [0.29, 0.717) is 5.75 Å². The van der Waals surface area contributed by atoms with Gasteiger partial charge < -0.3 is 10.1 Å². The second-order valence-corrected chi connectivity index (χ2v) is 4.71. The number of carbonyl (C=O) groups excluding carboxylic acids is 1. The summed E-state index contributed by atoms with van der Waals surface area (Å²) >= 11 is 0. The molecule has 0 aliphatic rings. The van der Waals surface area contributed by atoms with Gasteiger partial charge in [-0.15, -0.1) is 0 Å². The Morgan fingerprint density at radius 1 is 1.19 bits per heavy atom. The lowest BCUT2D eigenvalue weighted by Crippen LogP contribution is -2.30. The van der Waals surface area contributed by atoms with Gasteiger partial charge in [0.25, 0.3) is 5.91 Å². The number of amides is 1. The van der Waals surface area contributed by atoms with Crippen LogP contribution in [0.1, 0.15) is 19.4 Å². The smallest absolute Gasteiger partial charge is 0.265 e. The summed E-state index contributed by atoms with van der Waals surface area (Å²) in [6, 6.07) is 13.2. The predicted octanol–water partition coefficient (Wildman–Crippen LogP) is 3.79. The zero-order valence-corrected chi connectivity index (χ0v) is 12.1. The number of carbonyl (C=O) groups is 1. The van der Waals surface area contributed by atoms with Crippen LogP contribution in [0.2, 0.25) is 0 Å². The van der Waals surface area contributed by atoms with Crippen LogP contribution in [0.3, 0.4) is 0 Å². The summed E-state index contributed by atoms with van der Waals surface area (Å²) in [5.41, 5.74) is 1.86. The maximum atomic E-state index is 12.8. The fraction of sp³-hybridized carbons (Fsp3) is 0.235. The Morgan fingerprint density at radius 2 is 1.86 bits per heavy atom. The monoisotopic (exact) mass is 287 g/mol. The van der Waals surface area contributed by atoms with Crippen molar-refractivity contribution in [2.75, 3.05) is 5.32 Å². The summed E-state index contributed by atoms with van der Waals surface area (Å²) in [5, 5.41) is 2.85. The van der Waals surface area contributed by atoms with E-state index in [9.17, 15) is 9.18 Å². The van der Waals surface area contributed by atoms with Crippen LogP contribution in [0.15, 0.2) is 48.5 Å². The van der Waals surface area contributed by atoms with E-state index < -0.39 is 6.10 Å². The predicted molar refractivity (Wildman–Crippen MR) is 80.9 cm³/mol.